The first kappa shape index (κ1) is 23.1. The number of carbonyl (C=O) groups excluding carboxylic acids is 1. The second kappa shape index (κ2) is 10.2. The van der Waals surface area contributed by atoms with Crippen molar-refractivity contribution >= 4 is 39.5 Å². The summed E-state index contributed by atoms with van der Waals surface area (Å²) in [7, 11) is 1.83. The van der Waals surface area contributed by atoms with Crippen molar-refractivity contribution in [2.75, 3.05) is 5.75 Å². The van der Waals surface area contributed by atoms with E-state index in [2.05, 4.69) is 12.1 Å². The lowest BCUT2D eigenvalue weighted by Crippen LogP contribution is -2.45. The second-order valence-corrected chi connectivity index (χ2v) is 9.55. The van der Waals surface area contributed by atoms with Crippen LogP contribution < -0.4 is 11.5 Å². The SMILES string of the molecule is NC(CSSC(C(=O)OCc1cccc2c1Cc1ccccc1-2)C(N)C(=O)O)C(=O)O. The van der Waals surface area contributed by atoms with Crippen LogP contribution in [0, 0.1) is 0 Å². The van der Waals surface area contributed by atoms with Gasteiger partial charge in [0.05, 0.1) is 0 Å². The van der Waals surface area contributed by atoms with Gasteiger partial charge < -0.3 is 26.4 Å². The molecule has 0 aliphatic heterocycles. The Kier molecular flexibility index (Phi) is 7.60. The lowest BCUT2D eigenvalue weighted by molar-refractivity contribution is -0.149. The molecule has 0 heterocycles. The van der Waals surface area contributed by atoms with Gasteiger partial charge in [0.1, 0.15) is 23.9 Å². The Labute approximate surface area is 186 Å². The van der Waals surface area contributed by atoms with Gasteiger partial charge in [0, 0.05) is 5.75 Å². The quantitative estimate of drug-likeness (QED) is 0.259. The van der Waals surface area contributed by atoms with Gasteiger partial charge in [0.15, 0.2) is 0 Å². The summed E-state index contributed by atoms with van der Waals surface area (Å²) < 4.78 is 5.43. The predicted molar refractivity (Wildman–Crippen MR) is 120 cm³/mol. The van der Waals surface area contributed by atoms with Crippen LogP contribution in [0.1, 0.15) is 16.7 Å². The largest absolute Gasteiger partial charge is 0.480 e. The van der Waals surface area contributed by atoms with Crippen LogP contribution in [-0.2, 0) is 32.1 Å². The lowest BCUT2D eigenvalue weighted by atomic mass is 10.0. The molecule has 2 aromatic rings. The average Bonchev–Trinajstić information content (AvgIpc) is 3.13. The molecular formula is C21H22N2O6S2. The minimum absolute atomic E-state index is 0.0133. The number of carboxylic acids is 2. The van der Waals surface area contributed by atoms with Gasteiger partial charge in [-0.25, -0.2) is 0 Å². The highest BCUT2D eigenvalue weighted by molar-refractivity contribution is 8.77. The standard InChI is InChI=1S/C21H22N2O6S2/c22-16(19(24)25)10-30-31-18(17(23)20(26)27)21(28)29-9-12-5-3-7-14-13-6-2-1-4-11(13)8-15(12)14/h1-7,16-18H,8-10,22-23H2,(H,24,25)(H,26,27). The first-order valence-corrected chi connectivity index (χ1v) is 11.8. The zero-order valence-electron chi connectivity index (χ0n) is 16.4. The minimum atomic E-state index is -1.50. The summed E-state index contributed by atoms with van der Waals surface area (Å²) in [6, 6.07) is 11.2. The fourth-order valence-electron chi connectivity index (χ4n) is 3.22. The molecule has 0 bridgehead atoms. The van der Waals surface area contributed by atoms with Crippen LogP contribution in [0.2, 0.25) is 0 Å². The monoisotopic (exact) mass is 462 g/mol. The Morgan fingerprint density at radius 3 is 2.42 bits per heavy atom. The summed E-state index contributed by atoms with van der Waals surface area (Å²) in [4.78, 5) is 34.8. The molecule has 3 unspecified atom stereocenters. The van der Waals surface area contributed by atoms with E-state index in [4.69, 9.17) is 21.3 Å². The Balaban J connectivity index is 1.67. The van der Waals surface area contributed by atoms with Crippen LogP contribution >= 0.6 is 21.6 Å². The van der Waals surface area contributed by atoms with Crippen LogP contribution in [-0.4, -0.2) is 51.2 Å². The van der Waals surface area contributed by atoms with Gasteiger partial charge in [-0.1, -0.05) is 64.1 Å². The normalized spacial score (nSPS) is 14.8. The van der Waals surface area contributed by atoms with Crippen LogP contribution in [0.25, 0.3) is 11.1 Å². The molecule has 0 aromatic heterocycles. The van der Waals surface area contributed by atoms with E-state index in [-0.39, 0.29) is 12.4 Å². The molecule has 3 atom stereocenters. The number of rotatable bonds is 10. The molecule has 1 aliphatic rings. The summed E-state index contributed by atoms with van der Waals surface area (Å²) in [6.07, 6.45) is 0.731. The molecule has 0 radical (unpaired) electrons. The third-order valence-corrected chi connectivity index (χ3v) is 7.66. The number of hydrogen-bond acceptors (Lipinski definition) is 8. The Morgan fingerprint density at radius 2 is 1.71 bits per heavy atom. The van der Waals surface area contributed by atoms with E-state index in [9.17, 15) is 19.5 Å². The maximum Gasteiger partial charge on any atom is 0.322 e. The van der Waals surface area contributed by atoms with Crippen molar-refractivity contribution < 1.29 is 29.3 Å². The van der Waals surface area contributed by atoms with Crippen LogP contribution in [0.3, 0.4) is 0 Å². The van der Waals surface area contributed by atoms with Gasteiger partial charge in [0.25, 0.3) is 0 Å². The molecule has 0 saturated carbocycles. The number of hydrogen-bond donors (Lipinski definition) is 4. The van der Waals surface area contributed by atoms with E-state index in [1.165, 1.54) is 5.56 Å². The molecule has 31 heavy (non-hydrogen) atoms. The van der Waals surface area contributed by atoms with Crippen molar-refractivity contribution in [2.45, 2.75) is 30.4 Å². The van der Waals surface area contributed by atoms with Crippen molar-refractivity contribution in [3.63, 3.8) is 0 Å². The van der Waals surface area contributed by atoms with Crippen molar-refractivity contribution in [3.05, 3.63) is 59.2 Å². The Hall–Kier alpha value is -2.53. The summed E-state index contributed by atoms with van der Waals surface area (Å²) >= 11 is 0. The highest BCUT2D eigenvalue weighted by Crippen LogP contribution is 2.38. The first-order chi connectivity index (χ1) is 14.8. The number of carbonyl (C=O) groups is 3. The minimum Gasteiger partial charge on any atom is -0.480 e. The predicted octanol–water partition coefficient (Wildman–Crippen LogP) is 1.87. The third-order valence-electron chi connectivity index (χ3n) is 4.90. The zero-order valence-corrected chi connectivity index (χ0v) is 18.0. The van der Waals surface area contributed by atoms with Crippen LogP contribution in [0.15, 0.2) is 42.5 Å². The number of ether oxygens (including phenoxy) is 1. The molecule has 0 fully saturated rings. The van der Waals surface area contributed by atoms with Crippen molar-refractivity contribution in [1.29, 1.82) is 0 Å². The molecule has 10 heteroatoms. The molecular weight excluding hydrogens is 440 g/mol. The maximum atomic E-state index is 12.6. The number of fused-ring (bicyclic) bond motifs is 3. The Bertz CT molecular complexity index is 1000. The fraction of sp³-hybridized carbons (Fsp3) is 0.286. The molecule has 1 aliphatic carbocycles. The van der Waals surface area contributed by atoms with Gasteiger partial charge in [-0.15, -0.1) is 0 Å². The number of carboxylic acid groups (broad SMARTS) is 2. The van der Waals surface area contributed by atoms with Crippen molar-refractivity contribution in [2.24, 2.45) is 11.5 Å². The maximum absolute atomic E-state index is 12.6. The van der Waals surface area contributed by atoms with Crippen LogP contribution in [0.4, 0.5) is 0 Å². The molecule has 3 rings (SSSR count). The molecule has 8 nitrogen and oxygen atoms in total. The third kappa shape index (κ3) is 5.40. The van der Waals surface area contributed by atoms with E-state index in [0.717, 1.165) is 50.3 Å². The number of esters is 1. The fourth-order valence-corrected chi connectivity index (χ4v) is 5.83. The van der Waals surface area contributed by atoms with Gasteiger partial charge in [0.2, 0.25) is 0 Å². The summed E-state index contributed by atoms with van der Waals surface area (Å²) in [6.45, 7) is -0.0152. The molecule has 6 N–H and O–H groups in total. The highest BCUT2D eigenvalue weighted by Gasteiger charge is 2.34. The molecule has 0 spiro atoms. The Morgan fingerprint density at radius 1 is 1.00 bits per heavy atom. The van der Waals surface area contributed by atoms with Gasteiger partial charge >= 0.3 is 17.9 Å². The van der Waals surface area contributed by atoms with Gasteiger partial charge in [-0.3, -0.25) is 14.4 Å². The van der Waals surface area contributed by atoms with E-state index in [0.29, 0.717) is 0 Å². The number of aliphatic carboxylic acids is 2. The average molecular weight is 463 g/mol. The van der Waals surface area contributed by atoms with Gasteiger partial charge in [-0.2, -0.15) is 0 Å². The van der Waals surface area contributed by atoms with Crippen LogP contribution in [0.5, 0.6) is 0 Å². The smallest absolute Gasteiger partial charge is 0.322 e. The summed E-state index contributed by atoms with van der Waals surface area (Å²) in [5.41, 5.74) is 16.5. The van der Waals surface area contributed by atoms with Crippen molar-refractivity contribution in [1.82, 2.24) is 0 Å². The second-order valence-electron chi connectivity index (χ2n) is 6.99. The number of benzene rings is 2. The molecule has 164 valence electrons. The zero-order chi connectivity index (χ0) is 22.5. The van der Waals surface area contributed by atoms with E-state index in [1.54, 1.807) is 0 Å². The van der Waals surface area contributed by atoms with Crippen molar-refractivity contribution in [3.8, 4) is 11.1 Å². The lowest BCUT2D eigenvalue weighted by Gasteiger charge is -2.19. The molecule has 0 amide bonds. The van der Waals surface area contributed by atoms with Gasteiger partial charge in [-0.05, 0) is 34.2 Å². The topological polar surface area (TPSA) is 153 Å². The summed E-state index contributed by atoms with van der Waals surface area (Å²) in [5.74, 6) is -3.33. The first-order valence-electron chi connectivity index (χ1n) is 9.40. The molecule has 0 saturated heterocycles. The summed E-state index contributed by atoms with van der Waals surface area (Å²) in [5, 5.41) is 16.9. The highest BCUT2D eigenvalue weighted by atomic mass is 33.1. The van der Waals surface area contributed by atoms with E-state index >= 15 is 0 Å². The number of nitrogens with two attached hydrogens (primary N) is 2. The molecule has 2 aromatic carbocycles. The van der Waals surface area contributed by atoms with E-state index < -0.39 is 35.2 Å². The van der Waals surface area contributed by atoms with E-state index in [1.807, 2.05) is 30.3 Å².